The number of amides is 2. The second kappa shape index (κ2) is 9.68. The molecule has 4 aromatic rings. The van der Waals surface area contributed by atoms with Crippen molar-refractivity contribution in [1.29, 1.82) is 0 Å². The largest absolute Gasteiger partial charge is 0.335 e. The second-order valence-corrected chi connectivity index (χ2v) is 8.71. The molecule has 1 fully saturated rings. The lowest BCUT2D eigenvalue weighted by atomic mass is 10.1. The number of carbonyl (C=O) groups is 2. The van der Waals surface area contributed by atoms with Gasteiger partial charge in [0.05, 0.1) is 6.54 Å². The molecule has 2 aromatic carbocycles. The maximum absolute atomic E-state index is 13.4. The summed E-state index contributed by atoms with van der Waals surface area (Å²) in [6, 6.07) is 19.8. The number of piperazine rings is 1. The van der Waals surface area contributed by atoms with Gasteiger partial charge in [0.2, 0.25) is 0 Å². The molecule has 2 amide bonds. The highest BCUT2D eigenvalue weighted by Gasteiger charge is 2.28. The molecular formula is C26H22ClN5O3. The van der Waals surface area contributed by atoms with E-state index < -0.39 is 11.5 Å². The Labute approximate surface area is 206 Å². The summed E-state index contributed by atoms with van der Waals surface area (Å²) in [6.07, 6.45) is 1.60. The van der Waals surface area contributed by atoms with Gasteiger partial charge in [-0.05, 0) is 35.9 Å². The number of carbonyl (C=O) groups excluding carboxylic acids is 2. The number of pyridine rings is 1. The first-order valence-corrected chi connectivity index (χ1v) is 11.6. The van der Waals surface area contributed by atoms with E-state index in [1.807, 2.05) is 30.3 Å². The molecule has 0 spiro atoms. The van der Waals surface area contributed by atoms with Crippen molar-refractivity contribution >= 4 is 34.6 Å². The van der Waals surface area contributed by atoms with Gasteiger partial charge in [-0.2, -0.15) is 0 Å². The Balaban J connectivity index is 1.39. The smallest absolute Gasteiger partial charge is 0.284 e. The molecule has 35 heavy (non-hydrogen) atoms. The minimum Gasteiger partial charge on any atom is -0.335 e. The fraction of sp³-hybridized carbons (Fsp3) is 0.192. The van der Waals surface area contributed by atoms with Gasteiger partial charge in [-0.25, -0.2) is 9.97 Å². The molecule has 8 nitrogen and oxygen atoms in total. The summed E-state index contributed by atoms with van der Waals surface area (Å²) in [7, 11) is 0. The zero-order chi connectivity index (χ0) is 24.4. The van der Waals surface area contributed by atoms with Gasteiger partial charge >= 0.3 is 0 Å². The third-order valence-corrected chi connectivity index (χ3v) is 6.25. The molecule has 2 aromatic heterocycles. The maximum Gasteiger partial charge on any atom is 0.284 e. The van der Waals surface area contributed by atoms with Crippen molar-refractivity contribution in [3.8, 4) is 0 Å². The number of halogens is 1. The van der Waals surface area contributed by atoms with Crippen LogP contribution < -0.4 is 5.56 Å². The van der Waals surface area contributed by atoms with Crippen LogP contribution in [0, 0.1) is 0 Å². The van der Waals surface area contributed by atoms with Crippen molar-refractivity contribution in [1.82, 2.24) is 24.3 Å². The predicted molar refractivity (Wildman–Crippen MR) is 133 cm³/mol. The normalized spacial score (nSPS) is 13.7. The summed E-state index contributed by atoms with van der Waals surface area (Å²) in [5, 5.41) is 0.494. The van der Waals surface area contributed by atoms with Crippen LogP contribution in [-0.2, 0) is 6.54 Å². The van der Waals surface area contributed by atoms with Crippen molar-refractivity contribution in [2.24, 2.45) is 0 Å². The number of fused-ring (bicyclic) bond motifs is 1. The Bertz CT molecular complexity index is 1460. The van der Waals surface area contributed by atoms with Crippen LogP contribution in [-0.4, -0.2) is 62.3 Å². The van der Waals surface area contributed by atoms with E-state index in [0.29, 0.717) is 47.9 Å². The fourth-order valence-corrected chi connectivity index (χ4v) is 4.38. The Morgan fingerprint density at radius 1 is 0.857 bits per heavy atom. The van der Waals surface area contributed by atoms with E-state index in [2.05, 4.69) is 9.97 Å². The van der Waals surface area contributed by atoms with Crippen molar-refractivity contribution in [3.05, 3.63) is 105 Å². The lowest BCUT2D eigenvalue weighted by molar-refractivity contribution is 0.0531. The first kappa shape index (κ1) is 22.7. The summed E-state index contributed by atoms with van der Waals surface area (Å²) >= 11 is 6.01. The van der Waals surface area contributed by atoms with Crippen LogP contribution in [0.25, 0.3) is 11.2 Å². The summed E-state index contributed by atoms with van der Waals surface area (Å²) in [4.78, 5) is 51.5. The van der Waals surface area contributed by atoms with Crippen LogP contribution in [0.3, 0.4) is 0 Å². The molecule has 3 heterocycles. The average Bonchev–Trinajstić information content (AvgIpc) is 2.90. The number of hydrogen-bond acceptors (Lipinski definition) is 5. The van der Waals surface area contributed by atoms with E-state index in [1.54, 1.807) is 52.4 Å². The van der Waals surface area contributed by atoms with Gasteiger partial charge in [-0.15, -0.1) is 0 Å². The summed E-state index contributed by atoms with van der Waals surface area (Å²) in [5.41, 5.74) is 1.69. The summed E-state index contributed by atoms with van der Waals surface area (Å²) in [5.74, 6) is -0.586. The molecule has 176 valence electrons. The van der Waals surface area contributed by atoms with E-state index in [4.69, 9.17) is 11.6 Å². The number of hydrogen-bond donors (Lipinski definition) is 0. The number of nitrogens with zero attached hydrogens (tertiary/aromatic N) is 5. The maximum atomic E-state index is 13.4. The quantitative estimate of drug-likeness (QED) is 0.441. The predicted octanol–water partition coefficient (Wildman–Crippen LogP) is 3.09. The van der Waals surface area contributed by atoms with E-state index in [1.165, 1.54) is 4.57 Å². The third-order valence-electron chi connectivity index (χ3n) is 6.01. The van der Waals surface area contributed by atoms with Crippen LogP contribution >= 0.6 is 11.6 Å². The summed E-state index contributed by atoms with van der Waals surface area (Å²) in [6.45, 7) is 1.58. The number of benzene rings is 2. The van der Waals surface area contributed by atoms with Crippen molar-refractivity contribution in [2.45, 2.75) is 6.54 Å². The van der Waals surface area contributed by atoms with Gasteiger partial charge in [0, 0.05) is 43.0 Å². The molecule has 9 heteroatoms. The summed E-state index contributed by atoms with van der Waals surface area (Å²) < 4.78 is 1.49. The molecule has 1 aliphatic heterocycles. The first-order chi connectivity index (χ1) is 17.0. The van der Waals surface area contributed by atoms with Crippen LogP contribution in [0.5, 0.6) is 0 Å². The first-order valence-electron chi connectivity index (χ1n) is 11.2. The van der Waals surface area contributed by atoms with Crippen LogP contribution in [0.2, 0.25) is 5.02 Å². The molecular weight excluding hydrogens is 466 g/mol. The van der Waals surface area contributed by atoms with Gasteiger partial charge in [0.1, 0.15) is 5.52 Å². The Hall–Kier alpha value is -4.04. The standard InChI is InChI=1S/C26H22ClN5O3/c27-20-9-4-8-19(16-20)24(33)30-12-14-31(15-13-30)25(34)22-26(35)32(17-18-6-2-1-3-7-18)23-21(29-22)10-5-11-28-23/h1-11,16H,12-15,17H2. The van der Waals surface area contributed by atoms with Crippen LogP contribution in [0.15, 0.2) is 77.7 Å². The lowest BCUT2D eigenvalue weighted by Crippen LogP contribution is -2.51. The van der Waals surface area contributed by atoms with Crippen LogP contribution in [0.4, 0.5) is 0 Å². The highest BCUT2D eigenvalue weighted by atomic mass is 35.5. The Kier molecular flexibility index (Phi) is 6.29. The fourth-order valence-electron chi connectivity index (χ4n) is 4.19. The molecule has 5 rings (SSSR count). The monoisotopic (exact) mass is 487 g/mol. The molecule has 0 N–H and O–H groups in total. The SMILES string of the molecule is O=C(c1cccc(Cl)c1)N1CCN(C(=O)c2nc3cccnc3n(Cc3ccccc3)c2=O)CC1. The van der Waals surface area contributed by atoms with E-state index in [9.17, 15) is 14.4 Å². The topological polar surface area (TPSA) is 88.4 Å². The van der Waals surface area contributed by atoms with E-state index >= 15 is 0 Å². The minimum atomic E-state index is -0.484. The third kappa shape index (κ3) is 4.65. The molecule has 1 saturated heterocycles. The average molecular weight is 488 g/mol. The van der Waals surface area contributed by atoms with Crippen molar-refractivity contribution in [2.75, 3.05) is 26.2 Å². The van der Waals surface area contributed by atoms with Gasteiger partial charge in [0.15, 0.2) is 11.3 Å². The molecule has 0 saturated carbocycles. The zero-order valence-corrected chi connectivity index (χ0v) is 19.6. The van der Waals surface area contributed by atoms with Gasteiger partial charge < -0.3 is 9.80 Å². The van der Waals surface area contributed by atoms with Gasteiger partial charge in [-0.3, -0.25) is 19.0 Å². The van der Waals surface area contributed by atoms with E-state index in [0.717, 1.165) is 5.56 Å². The van der Waals surface area contributed by atoms with Crippen molar-refractivity contribution in [3.63, 3.8) is 0 Å². The van der Waals surface area contributed by atoms with Gasteiger partial charge in [-0.1, -0.05) is 48.0 Å². The number of rotatable bonds is 4. The van der Waals surface area contributed by atoms with Crippen LogP contribution in [0.1, 0.15) is 26.4 Å². The molecule has 0 aliphatic carbocycles. The number of aromatic nitrogens is 3. The molecule has 0 unspecified atom stereocenters. The highest BCUT2D eigenvalue weighted by Crippen LogP contribution is 2.16. The Morgan fingerprint density at radius 3 is 2.29 bits per heavy atom. The minimum absolute atomic E-state index is 0.139. The molecule has 0 atom stereocenters. The molecule has 1 aliphatic rings. The van der Waals surface area contributed by atoms with Crippen molar-refractivity contribution < 1.29 is 9.59 Å². The Morgan fingerprint density at radius 2 is 1.57 bits per heavy atom. The molecule has 0 bridgehead atoms. The van der Waals surface area contributed by atoms with E-state index in [-0.39, 0.29) is 18.1 Å². The lowest BCUT2D eigenvalue weighted by Gasteiger charge is -2.34. The highest BCUT2D eigenvalue weighted by molar-refractivity contribution is 6.30. The second-order valence-electron chi connectivity index (χ2n) is 8.28. The molecule has 0 radical (unpaired) electrons. The zero-order valence-electron chi connectivity index (χ0n) is 18.8. The van der Waals surface area contributed by atoms with Gasteiger partial charge in [0.25, 0.3) is 17.4 Å².